The van der Waals surface area contributed by atoms with Gasteiger partial charge in [-0.2, -0.15) is 0 Å². The first-order chi connectivity index (χ1) is 7.88. The van der Waals surface area contributed by atoms with Crippen molar-refractivity contribution in [1.29, 1.82) is 0 Å². The topological polar surface area (TPSA) is 59.3 Å². The number of nitrogens with zero attached hydrogens (tertiary/aromatic N) is 1. The molecule has 17 heavy (non-hydrogen) atoms. The zero-order valence-electron chi connectivity index (χ0n) is 10.7. The highest BCUT2D eigenvalue weighted by atomic mass is 16.4. The van der Waals surface area contributed by atoms with Crippen molar-refractivity contribution in [3.8, 4) is 0 Å². The SMILES string of the molecule is CCC(C)C(C)n1cc(C(C)=O)cc1C(=O)O. The number of ketones is 1. The van der Waals surface area contributed by atoms with Crippen molar-refractivity contribution < 1.29 is 14.7 Å². The fraction of sp³-hybridized carbons (Fsp3) is 0.538. The van der Waals surface area contributed by atoms with E-state index in [1.165, 1.54) is 13.0 Å². The second-order valence-corrected chi connectivity index (χ2v) is 4.51. The Morgan fingerprint density at radius 2 is 2.00 bits per heavy atom. The van der Waals surface area contributed by atoms with E-state index in [0.29, 0.717) is 11.5 Å². The maximum Gasteiger partial charge on any atom is 0.352 e. The van der Waals surface area contributed by atoms with E-state index in [1.54, 1.807) is 10.8 Å². The zero-order chi connectivity index (χ0) is 13.2. The molecule has 1 N–H and O–H groups in total. The molecule has 94 valence electrons. The van der Waals surface area contributed by atoms with Gasteiger partial charge in [0.05, 0.1) is 0 Å². The predicted octanol–water partition coefficient (Wildman–Crippen LogP) is 3.00. The number of carbonyl (C=O) groups excluding carboxylic acids is 1. The summed E-state index contributed by atoms with van der Waals surface area (Å²) in [6.45, 7) is 7.56. The van der Waals surface area contributed by atoms with Crippen LogP contribution in [0.1, 0.15) is 61.0 Å². The molecule has 0 amide bonds. The van der Waals surface area contributed by atoms with Crippen molar-refractivity contribution in [2.75, 3.05) is 0 Å². The summed E-state index contributed by atoms with van der Waals surface area (Å²) in [7, 11) is 0. The summed E-state index contributed by atoms with van der Waals surface area (Å²) in [5, 5.41) is 9.13. The van der Waals surface area contributed by atoms with E-state index in [1.807, 2.05) is 6.92 Å². The molecular weight excluding hydrogens is 218 g/mol. The molecule has 0 aliphatic carbocycles. The highest BCUT2D eigenvalue weighted by molar-refractivity contribution is 5.97. The standard InChI is InChI=1S/C13H19NO3/c1-5-8(2)9(3)14-7-11(10(4)15)6-12(14)13(16)17/h6-9H,5H2,1-4H3,(H,16,17). The second-order valence-electron chi connectivity index (χ2n) is 4.51. The molecule has 4 nitrogen and oxygen atoms in total. The van der Waals surface area contributed by atoms with Crippen LogP contribution in [-0.4, -0.2) is 21.4 Å². The average molecular weight is 237 g/mol. The highest BCUT2D eigenvalue weighted by Crippen LogP contribution is 2.24. The van der Waals surface area contributed by atoms with Crippen LogP contribution in [-0.2, 0) is 0 Å². The van der Waals surface area contributed by atoms with Crippen LogP contribution in [0.5, 0.6) is 0 Å². The van der Waals surface area contributed by atoms with Crippen LogP contribution in [0.3, 0.4) is 0 Å². The van der Waals surface area contributed by atoms with Gasteiger partial charge in [0.1, 0.15) is 5.69 Å². The second kappa shape index (κ2) is 5.17. The van der Waals surface area contributed by atoms with Crippen LogP contribution in [0, 0.1) is 5.92 Å². The fourth-order valence-corrected chi connectivity index (χ4v) is 1.80. The minimum atomic E-state index is -0.993. The predicted molar refractivity (Wildman–Crippen MR) is 65.6 cm³/mol. The number of carboxylic acids is 1. The average Bonchev–Trinajstić information content (AvgIpc) is 2.71. The molecule has 0 saturated heterocycles. The lowest BCUT2D eigenvalue weighted by atomic mass is 10.0. The van der Waals surface area contributed by atoms with Crippen LogP contribution >= 0.6 is 0 Å². The normalized spacial score (nSPS) is 14.4. The van der Waals surface area contributed by atoms with Crippen molar-refractivity contribution in [3.63, 3.8) is 0 Å². The first-order valence-electron chi connectivity index (χ1n) is 5.84. The van der Waals surface area contributed by atoms with Gasteiger partial charge in [-0.05, 0) is 25.8 Å². The molecule has 0 aromatic carbocycles. The number of aromatic carboxylic acids is 1. The molecule has 1 aromatic rings. The Morgan fingerprint density at radius 3 is 2.41 bits per heavy atom. The molecule has 0 radical (unpaired) electrons. The maximum atomic E-state index is 11.3. The van der Waals surface area contributed by atoms with E-state index >= 15 is 0 Å². The number of aromatic nitrogens is 1. The van der Waals surface area contributed by atoms with Crippen LogP contribution in [0.2, 0.25) is 0 Å². The van der Waals surface area contributed by atoms with Gasteiger partial charge in [0.2, 0.25) is 0 Å². The van der Waals surface area contributed by atoms with Crippen molar-refractivity contribution in [2.24, 2.45) is 5.92 Å². The monoisotopic (exact) mass is 237 g/mol. The molecule has 0 aliphatic heterocycles. The summed E-state index contributed by atoms with van der Waals surface area (Å²) in [6, 6.07) is 1.52. The van der Waals surface area contributed by atoms with Gasteiger partial charge in [0.15, 0.2) is 5.78 Å². The van der Waals surface area contributed by atoms with Crippen LogP contribution in [0.25, 0.3) is 0 Å². The number of carbonyl (C=O) groups is 2. The van der Waals surface area contributed by atoms with Gasteiger partial charge in [0, 0.05) is 17.8 Å². The summed E-state index contributed by atoms with van der Waals surface area (Å²) in [4.78, 5) is 22.4. The van der Waals surface area contributed by atoms with E-state index in [0.717, 1.165) is 6.42 Å². The van der Waals surface area contributed by atoms with E-state index in [9.17, 15) is 9.59 Å². The largest absolute Gasteiger partial charge is 0.477 e. The lowest BCUT2D eigenvalue weighted by molar-refractivity contribution is 0.0681. The molecule has 0 spiro atoms. The first-order valence-corrected chi connectivity index (χ1v) is 5.84. The third-order valence-corrected chi connectivity index (χ3v) is 3.38. The summed E-state index contributed by atoms with van der Waals surface area (Å²) >= 11 is 0. The van der Waals surface area contributed by atoms with Gasteiger partial charge in [-0.1, -0.05) is 20.3 Å². The summed E-state index contributed by atoms with van der Waals surface area (Å²) in [6.07, 6.45) is 2.61. The van der Waals surface area contributed by atoms with Crippen LogP contribution in [0.15, 0.2) is 12.3 Å². The van der Waals surface area contributed by atoms with Crippen molar-refractivity contribution in [2.45, 2.75) is 40.2 Å². The maximum absolute atomic E-state index is 11.3. The number of hydrogen-bond acceptors (Lipinski definition) is 2. The Labute approximate surface area is 101 Å². The van der Waals surface area contributed by atoms with Crippen LogP contribution < -0.4 is 0 Å². The first kappa shape index (κ1) is 13.5. The minimum Gasteiger partial charge on any atom is -0.477 e. The van der Waals surface area contributed by atoms with Crippen molar-refractivity contribution in [3.05, 3.63) is 23.5 Å². The molecule has 1 aromatic heterocycles. The smallest absolute Gasteiger partial charge is 0.352 e. The van der Waals surface area contributed by atoms with Crippen molar-refractivity contribution in [1.82, 2.24) is 4.57 Å². The Morgan fingerprint density at radius 1 is 1.41 bits per heavy atom. The van der Waals surface area contributed by atoms with E-state index in [2.05, 4.69) is 13.8 Å². The van der Waals surface area contributed by atoms with Gasteiger partial charge in [-0.3, -0.25) is 4.79 Å². The number of Topliss-reactive ketones (excluding diaryl/α,β-unsaturated/α-hetero) is 1. The number of rotatable bonds is 5. The highest BCUT2D eigenvalue weighted by Gasteiger charge is 2.20. The molecular formula is C13H19NO3. The molecule has 1 rings (SSSR count). The zero-order valence-corrected chi connectivity index (χ0v) is 10.7. The fourth-order valence-electron chi connectivity index (χ4n) is 1.80. The third-order valence-electron chi connectivity index (χ3n) is 3.38. The molecule has 0 aliphatic rings. The van der Waals surface area contributed by atoms with Gasteiger partial charge in [0.25, 0.3) is 0 Å². The van der Waals surface area contributed by atoms with Gasteiger partial charge in [-0.15, -0.1) is 0 Å². The number of hydrogen-bond donors (Lipinski definition) is 1. The Kier molecular flexibility index (Phi) is 4.10. The van der Waals surface area contributed by atoms with Crippen LogP contribution in [0.4, 0.5) is 0 Å². The summed E-state index contributed by atoms with van der Waals surface area (Å²) in [5.41, 5.74) is 0.639. The van der Waals surface area contributed by atoms with Gasteiger partial charge < -0.3 is 9.67 Å². The van der Waals surface area contributed by atoms with E-state index in [-0.39, 0.29) is 17.5 Å². The Bertz CT molecular complexity index is 434. The molecule has 2 unspecified atom stereocenters. The molecule has 0 fully saturated rings. The lowest BCUT2D eigenvalue weighted by Gasteiger charge is -2.21. The van der Waals surface area contributed by atoms with Crippen molar-refractivity contribution >= 4 is 11.8 Å². The summed E-state index contributed by atoms with van der Waals surface area (Å²) in [5.74, 6) is -0.740. The Hall–Kier alpha value is -1.58. The van der Waals surface area contributed by atoms with E-state index in [4.69, 9.17) is 5.11 Å². The molecule has 1 heterocycles. The molecule has 2 atom stereocenters. The molecule has 0 bridgehead atoms. The lowest BCUT2D eigenvalue weighted by Crippen LogP contribution is -2.17. The quantitative estimate of drug-likeness (QED) is 0.801. The van der Waals surface area contributed by atoms with Gasteiger partial charge >= 0.3 is 5.97 Å². The summed E-state index contributed by atoms with van der Waals surface area (Å²) < 4.78 is 1.69. The minimum absolute atomic E-state index is 0.0687. The Balaban J connectivity index is 3.21. The van der Waals surface area contributed by atoms with E-state index < -0.39 is 5.97 Å². The molecule has 4 heteroatoms. The van der Waals surface area contributed by atoms with Gasteiger partial charge in [-0.25, -0.2) is 4.79 Å². The molecule has 0 saturated carbocycles. The third kappa shape index (κ3) is 2.75. The number of carboxylic acid groups (broad SMARTS) is 1.